The molecule has 33 heavy (non-hydrogen) atoms. The van der Waals surface area contributed by atoms with Crippen molar-refractivity contribution in [2.45, 2.75) is 43.3 Å². The van der Waals surface area contributed by atoms with E-state index in [0.29, 0.717) is 18.1 Å². The average Bonchev–Trinajstić information content (AvgIpc) is 3.51. The van der Waals surface area contributed by atoms with Gasteiger partial charge in [-0.25, -0.2) is 13.6 Å². The van der Waals surface area contributed by atoms with Gasteiger partial charge in [-0.15, -0.1) is 0 Å². The second kappa shape index (κ2) is 7.40. The lowest BCUT2D eigenvalue weighted by atomic mass is 10.0. The molecule has 3 unspecified atom stereocenters. The fourth-order valence-electron chi connectivity index (χ4n) is 5.56. The molecule has 1 saturated heterocycles. The first-order valence-corrected chi connectivity index (χ1v) is 12.8. The predicted octanol–water partition coefficient (Wildman–Crippen LogP) is 3.34. The highest BCUT2D eigenvalue weighted by Gasteiger charge is 2.51. The van der Waals surface area contributed by atoms with E-state index in [1.165, 1.54) is 37.1 Å². The molecule has 1 aliphatic carbocycles. The van der Waals surface area contributed by atoms with Gasteiger partial charge in [0.2, 0.25) is 10.0 Å². The lowest BCUT2D eigenvalue weighted by Gasteiger charge is -2.33. The summed E-state index contributed by atoms with van der Waals surface area (Å²) in [5, 5.41) is 9.05. The van der Waals surface area contributed by atoms with Crippen LogP contribution in [0.5, 0.6) is 0 Å². The summed E-state index contributed by atoms with van der Waals surface area (Å²) in [6.45, 7) is 2.01. The number of sulfonamides is 1. The van der Waals surface area contributed by atoms with Crippen LogP contribution in [0.4, 0.5) is 0 Å². The van der Waals surface area contributed by atoms with Gasteiger partial charge in [0.1, 0.15) is 6.17 Å². The lowest BCUT2D eigenvalue weighted by molar-refractivity contribution is 0.218. The summed E-state index contributed by atoms with van der Waals surface area (Å²) >= 11 is 0. The molecule has 6 rings (SSSR count). The van der Waals surface area contributed by atoms with Gasteiger partial charge in [0.15, 0.2) is 0 Å². The zero-order chi connectivity index (χ0) is 22.7. The van der Waals surface area contributed by atoms with Gasteiger partial charge in [0.05, 0.1) is 27.7 Å². The van der Waals surface area contributed by atoms with Crippen molar-refractivity contribution in [2.75, 3.05) is 0 Å². The number of primary sulfonamides is 1. The molecule has 1 saturated carbocycles. The van der Waals surface area contributed by atoms with E-state index in [1.807, 2.05) is 31.3 Å². The Labute approximate surface area is 193 Å². The minimum Gasteiger partial charge on any atom is -0.361 e. The number of piperidine rings is 1. The van der Waals surface area contributed by atoms with Gasteiger partial charge >= 0.3 is 0 Å². The second-order valence-corrected chi connectivity index (χ2v) is 10.7. The van der Waals surface area contributed by atoms with Gasteiger partial charge in [-0.3, -0.25) is 9.97 Å². The van der Waals surface area contributed by atoms with Crippen molar-refractivity contribution in [3.63, 3.8) is 0 Å². The molecule has 7 nitrogen and oxygen atoms in total. The number of nitrogens with zero attached hydrogens (tertiary/aromatic N) is 3. The Morgan fingerprint density at radius 2 is 1.85 bits per heavy atom. The fraction of sp³-hybridized carbons (Fsp3) is 0.280. The van der Waals surface area contributed by atoms with Crippen molar-refractivity contribution in [2.24, 2.45) is 11.1 Å². The normalized spacial score (nSPS) is 23.7. The van der Waals surface area contributed by atoms with Crippen LogP contribution in [0, 0.1) is 12.8 Å². The summed E-state index contributed by atoms with van der Waals surface area (Å²) in [5.74, 6) is 0.652. The van der Waals surface area contributed by atoms with Crippen LogP contribution in [0.1, 0.15) is 36.2 Å². The minimum absolute atomic E-state index is 0.0915. The Balaban J connectivity index is 1.46. The quantitative estimate of drug-likeness (QED) is 0.621. The summed E-state index contributed by atoms with van der Waals surface area (Å²) in [7, 11) is -3.73. The van der Waals surface area contributed by atoms with Crippen LogP contribution in [-0.2, 0) is 10.0 Å². The molecule has 0 amide bonds. The summed E-state index contributed by atoms with van der Waals surface area (Å²) in [6.07, 6.45) is 5.82. The summed E-state index contributed by atoms with van der Waals surface area (Å²) < 4.78 is 23.2. The Bertz CT molecular complexity index is 1380. The van der Waals surface area contributed by atoms with Gasteiger partial charge in [-0.2, -0.15) is 0 Å². The first kappa shape index (κ1) is 20.4. The molecule has 3 atom stereocenters. The van der Waals surface area contributed by atoms with Crippen molar-refractivity contribution >= 4 is 21.4 Å². The molecule has 0 radical (unpaired) electrons. The number of fused-ring (bicyclic) bond motifs is 5. The number of aromatic nitrogens is 2. The third-order valence-electron chi connectivity index (χ3n) is 7.03. The number of hydrogen-bond acceptors (Lipinski definition) is 6. The molecule has 0 spiro atoms. The smallest absolute Gasteiger partial charge is 0.238 e. The topological polar surface area (TPSA) is 101 Å². The highest BCUT2D eigenvalue weighted by molar-refractivity contribution is 7.89. The van der Waals surface area contributed by atoms with E-state index >= 15 is 0 Å². The Kier molecular flexibility index (Phi) is 4.57. The largest absolute Gasteiger partial charge is 0.361 e. The SMILES string of the molecule is Cc1cccc(C2=C(c3ccnc(-c4ccc(S(N)(=O)=O)cc4)c3)N3C4CCC(C4)C3N2)n1. The molecule has 2 aliphatic heterocycles. The molecule has 2 fully saturated rings. The standard InChI is InChI=1S/C25H25N5O2S/c1-15-3-2-4-21(28-15)23-24(30-19-8-5-18(13-19)25(30)29-23)17-11-12-27-22(14-17)16-6-9-20(10-7-16)33(26,31)32/h2-4,6-7,9-12,14,18-19,25,29H,5,8,13H2,1H3,(H2,26,31,32). The van der Waals surface area contributed by atoms with Crippen molar-refractivity contribution in [1.82, 2.24) is 20.2 Å². The summed E-state index contributed by atoms with van der Waals surface area (Å²) in [4.78, 5) is 12.0. The summed E-state index contributed by atoms with van der Waals surface area (Å²) in [5.41, 5.74) is 6.89. The molecule has 1 aromatic carbocycles. The molecule has 2 bridgehead atoms. The maximum absolute atomic E-state index is 11.6. The Morgan fingerprint density at radius 3 is 2.61 bits per heavy atom. The van der Waals surface area contributed by atoms with Gasteiger partial charge in [0.25, 0.3) is 0 Å². The zero-order valence-electron chi connectivity index (χ0n) is 18.3. The van der Waals surface area contributed by atoms with Crippen LogP contribution >= 0.6 is 0 Å². The van der Waals surface area contributed by atoms with Crippen LogP contribution < -0.4 is 10.5 Å². The van der Waals surface area contributed by atoms with E-state index in [4.69, 9.17) is 10.1 Å². The number of benzene rings is 1. The Hall–Kier alpha value is -3.23. The summed E-state index contributed by atoms with van der Waals surface area (Å²) in [6, 6.07) is 17.3. The lowest BCUT2D eigenvalue weighted by Crippen LogP contribution is -2.41. The number of hydrogen-bond donors (Lipinski definition) is 2. The Morgan fingerprint density at radius 1 is 1.03 bits per heavy atom. The average molecular weight is 460 g/mol. The molecule has 2 aromatic heterocycles. The molecular weight excluding hydrogens is 434 g/mol. The predicted molar refractivity (Wildman–Crippen MR) is 127 cm³/mol. The number of nitrogens with one attached hydrogen (secondary N) is 1. The van der Waals surface area contributed by atoms with Crippen LogP contribution in [0.2, 0.25) is 0 Å². The van der Waals surface area contributed by atoms with Crippen LogP contribution in [0.25, 0.3) is 22.7 Å². The van der Waals surface area contributed by atoms with Crippen LogP contribution in [0.3, 0.4) is 0 Å². The van der Waals surface area contributed by atoms with E-state index in [2.05, 4.69) is 27.3 Å². The third kappa shape index (κ3) is 3.41. The van der Waals surface area contributed by atoms with Crippen molar-refractivity contribution in [3.8, 4) is 11.3 Å². The molecule has 8 heteroatoms. The van der Waals surface area contributed by atoms with Crippen molar-refractivity contribution < 1.29 is 8.42 Å². The zero-order valence-corrected chi connectivity index (χ0v) is 19.1. The molecule has 3 N–H and O–H groups in total. The maximum atomic E-state index is 11.6. The fourth-order valence-corrected chi connectivity index (χ4v) is 6.08. The van der Waals surface area contributed by atoms with Crippen LogP contribution in [0.15, 0.2) is 65.7 Å². The van der Waals surface area contributed by atoms with Gasteiger partial charge < -0.3 is 10.2 Å². The monoisotopic (exact) mass is 459 g/mol. The van der Waals surface area contributed by atoms with E-state index in [1.54, 1.807) is 12.1 Å². The van der Waals surface area contributed by atoms with E-state index < -0.39 is 10.0 Å². The minimum atomic E-state index is -3.73. The first-order chi connectivity index (χ1) is 15.9. The van der Waals surface area contributed by atoms with Crippen LogP contribution in [-0.4, -0.2) is 35.5 Å². The van der Waals surface area contributed by atoms with Crippen molar-refractivity contribution in [1.29, 1.82) is 0 Å². The maximum Gasteiger partial charge on any atom is 0.238 e. The van der Waals surface area contributed by atoms with E-state index in [9.17, 15) is 8.42 Å². The number of pyridine rings is 2. The molecule has 3 aliphatic rings. The molecule has 4 heterocycles. The number of aryl methyl sites for hydroxylation is 1. The van der Waals surface area contributed by atoms with E-state index in [-0.39, 0.29) is 4.90 Å². The third-order valence-corrected chi connectivity index (χ3v) is 7.96. The highest BCUT2D eigenvalue weighted by atomic mass is 32.2. The van der Waals surface area contributed by atoms with Gasteiger partial charge in [-0.1, -0.05) is 18.2 Å². The van der Waals surface area contributed by atoms with Gasteiger partial charge in [0, 0.05) is 29.1 Å². The molecular formula is C25H25N5O2S. The van der Waals surface area contributed by atoms with Crippen molar-refractivity contribution in [3.05, 3.63) is 77.7 Å². The second-order valence-electron chi connectivity index (χ2n) is 9.11. The first-order valence-electron chi connectivity index (χ1n) is 11.2. The van der Waals surface area contributed by atoms with E-state index in [0.717, 1.165) is 33.9 Å². The molecule has 168 valence electrons. The van der Waals surface area contributed by atoms with Gasteiger partial charge in [-0.05, 0) is 68.5 Å². The highest BCUT2D eigenvalue weighted by Crippen LogP contribution is 2.50. The number of rotatable bonds is 4. The molecule has 3 aromatic rings. The number of nitrogens with two attached hydrogens (primary N) is 1.